The molecule has 1 heterocycles. The molecular formula is C11H21N3O. The van der Waals surface area contributed by atoms with Gasteiger partial charge < -0.3 is 10.6 Å². The smallest absolute Gasteiger partial charge is 0.224 e. The lowest BCUT2D eigenvalue weighted by Gasteiger charge is -2.35. The van der Waals surface area contributed by atoms with E-state index in [2.05, 4.69) is 4.90 Å². The molecule has 1 saturated carbocycles. The van der Waals surface area contributed by atoms with Gasteiger partial charge in [-0.2, -0.15) is 0 Å². The molecule has 2 aliphatic rings. The Bertz CT molecular complexity index is 230. The summed E-state index contributed by atoms with van der Waals surface area (Å²) in [5.41, 5.74) is 5.63. The normalized spacial score (nSPS) is 25.3. The Labute approximate surface area is 91.4 Å². The Morgan fingerprint density at radius 1 is 1.33 bits per heavy atom. The lowest BCUT2D eigenvalue weighted by atomic mass is 10.2. The summed E-state index contributed by atoms with van der Waals surface area (Å²) in [7, 11) is 0. The van der Waals surface area contributed by atoms with Crippen molar-refractivity contribution < 1.29 is 4.79 Å². The van der Waals surface area contributed by atoms with Gasteiger partial charge in [0.15, 0.2) is 0 Å². The fourth-order valence-corrected chi connectivity index (χ4v) is 2.18. The Kier molecular flexibility index (Phi) is 3.26. The van der Waals surface area contributed by atoms with Crippen LogP contribution in [0.15, 0.2) is 0 Å². The number of rotatable bonds is 3. The Morgan fingerprint density at radius 3 is 2.40 bits per heavy atom. The van der Waals surface area contributed by atoms with E-state index in [1.807, 2.05) is 11.8 Å². The summed E-state index contributed by atoms with van der Waals surface area (Å²) in [4.78, 5) is 16.2. The van der Waals surface area contributed by atoms with Gasteiger partial charge in [-0.3, -0.25) is 9.69 Å². The van der Waals surface area contributed by atoms with Crippen molar-refractivity contribution in [1.29, 1.82) is 0 Å². The van der Waals surface area contributed by atoms with Gasteiger partial charge in [-0.05, 0) is 19.8 Å². The van der Waals surface area contributed by atoms with E-state index in [4.69, 9.17) is 5.73 Å². The number of piperazine rings is 1. The molecule has 86 valence electrons. The molecule has 2 rings (SSSR count). The summed E-state index contributed by atoms with van der Waals surface area (Å²) in [6.45, 7) is 5.77. The van der Waals surface area contributed by atoms with Crippen LogP contribution in [-0.4, -0.2) is 54.0 Å². The van der Waals surface area contributed by atoms with Crippen LogP contribution < -0.4 is 5.73 Å². The third-order valence-electron chi connectivity index (χ3n) is 3.23. The van der Waals surface area contributed by atoms with Crippen molar-refractivity contribution >= 4 is 5.91 Å². The van der Waals surface area contributed by atoms with Gasteiger partial charge in [-0.1, -0.05) is 0 Å². The summed E-state index contributed by atoms with van der Waals surface area (Å²) in [5, 5.41) is 0. The van der Waals surface area contributed by atoms with Crippen LogP contribution in [0.2, 0.25) is 0 Å². The van der Waals surface area contributed by atoms with Crippen LogP contribution in [0, 0.1) is 0 Å². The average Bonchev–Trinajstić information content (AvgIpc) is 3.00. The average molecular weight is 211 g/mol. The summed E-state index contributed by atoms with van der Waals surface area (Å²) in [5.74, 6) is 0.223. The monoisotopic (exact) mass is 211 g/mol. The highest BCUT2D eigenvalue weighted by Crippen LogP contribution is 2.27. The SMILES string of the molecule is CC(N)CC(=O)N1CCN(C2CC2)CC1. The number of carbonyl (C=O) groups excluding carboxylic acids is 1. The van der Waals surface area contributed by atoms with Gasteiger partial charge in [0.05, 0.1) is 0 Å². The number of carbonyl (C=O) groups is 1. The molecule has 1 aliphatic heterocycles. The van der Waals surface area contributed by atoms with E-state index in [0.717, 1.165) is 32.2 Å². The first-order chi connectivity index (χ1) is 7.16. The summed E-state index contributed by atoms with van der Waals surface area (Å²) >= 11 is 0. The second-order valence-corrected chi connectivity index (χ2v) is 4.83. The molecular weight excluding hydrogens is 190 g/mol. The highest BCUT2D eigenvalue weighted by molar-refractivity contribution is 5.76. The summed E-state index contributed by atoms with van der Waals surface area (Å²) < 4.78 is 0. The molecule has 0 radical (unpaired) electrons. The van der Waals surface area contributed by atoms with Crippen molar-refractivity contribution in [2.24, 2.45) is 5.73 Å². The molecule has 0 aromatic rings. The summed E-state index contributed by atoms with van der Waals surface area (Å²) in [6, 6.07) is 0.814. The van der Waals surface area contributed by atoms with Gasteiger partial charge >= 0.3 is 0 Å². The predicted molar refractivity (Wildman–Crippen MR) is 59.4 cm³/mol. The highest BCUT2D eigenvalue weighted by atomic mass is 16.2. The number of hydrogen-bond acceptors (Lipinski definition) is 3. The second kappa shape index (κ2) is 4.49. The minimum absolute atomic E-state index is 0.0149. The van der Waals surface area contributed by atoms with E-state index < -0.39 is 0 Å². The van der Waals surface area contributed by atoms with Crippen molar-refractivity contribution in [3.05, 3.63) is 0 Å². The van der Waals surface area contributed by atoms with Gasteiger partial charge in [-0.25, -0.2) is 0 Å². The molecule has 1 saturated heterocycles. The maximum Gasteiger partial charge on any atom is 0.224 e. The highest BCUT2D eigenvalue weighted by Gasteiger charge is 2.32. The zero-order valence-corrected chi connectivity index (χ0v) is 9.48. The fraction of sp³-hybridized carbons (Fsp3) is 0.909. The molecule has 4 heteroatoms. The van der Waals surface area contributed by atoms with E-state index >= 15 is 0 Å². The third-order valence-corrected chi connectivity index (χ3v) is 3.23. The van der Waals surface area contributed by atoms with Gasteiger partial charge in [0.25, 0.3) is 0 Å². The second-order valence-electron chi connectivity index (χ2n) is 4.83. The van der Waals surface area contributed by atoms with E-state index in [9.17, 15) is 4.79 Å². The fourth-order valence-electron chi connectivity index (χ4n) is 2.18. The minimum Gasteiger partial charge on any atom is -0.340 e. The van der Waals surface area contributed by atoms with E-state index in [1.54, 1.807) is 0 Å². The van der Waals surface area contributed by atoms with Crippen LogP contribution in [0.5, 0.6) is 0 Å². The number of nitrogens with zero attached hydrogens (tertiary/aromatic N) is 2. The van der Waals surface area contributed by atoms with Crippen LogP contribution >= 0.6 is 0 Å². The first-order valence-electron chi connectivity index (χ1n) is 5.94. The molecule has 4 nitrogen and oxygen atoms in total. The number of nitrogens with two attached hydrogens (primary N) is 1. The largest absolute Gasteiger partial charge is 0.340 e. The Balaban J connectivity index is 1.74. The van der Waals surface area contributed by atoms with Crippen LogP contribution in [0.3, 0.4) is 0 Å². The molecule has 1 unspecified atom stereocenters. The summed E-state index contributed by atoms with van der Waals surface area (Å²) in [6.07, 6.45) is 3.20. The zero-order chi connectivity index (χ0) is 10.8. The Hall–Kier alpha value is -0.610. The first-order valence-corrected chi connectivity index (χ1v) is 5.94. The van der Waals surface area contributed by atoms with Crippen LogP contribution in [0.1, 0.15) is 26.2 Å². The maximum atomic E-state index is 11.7. The standard InChI is InChI=1S/C11H21N3O/c1-9(12)8-11(15)14-6-4-13(5-7-14)10-2-3-10/h9-10H,2-8,12H2,1H3. The minimum atomic E-state index is -0.0149. The van der Waals surface area contributed by atoms with Crippen LogP contribution in [0.25, 0.3) is 0 Å². The van der Waals surface area contributed by atoms with Crippen molar-refractivity contribution in [2.75, 3.05) is 26.2 Å². The molecule has 2 fully saturated rings. The molecule has 0 aromatic heterocycles. The molecule has 0 spiro atoms. The van der Waals surface area contributed by atoms with Gasteiger partial charge in [0.1, 0.15) is 0 Å². The topological polar surface area (TPSA) is 49.6 Å². The Morgan fingerprint density at radius 2 is 1.93 bits per heavy atom. The first kappa shape index (κ1) is 10.9. The van der Waals surface area contributed by atoms with Crippen LogP contribution in [-0.2, 0) is 4.79 Å². The number of amides is 1. The van der Waals surface area contributed by atoms with E-state index in [0.29, 0.717) is 6.42 Å². The van der Waals surface area contributed by atoms with Crippen molar-refractivity contribution in [3.63, 3.8) is 0 Å². The molecule has 1 amide bonds. The predicted octanol–water partition coefficient (Wildman–Crippen LogP) is 0.0303. The lowest BCUT2D eigenvalue weighted by Crippen LogP contribution is -2.50. The maximum absolute atomic E-state index is 11.7. The van der Waals surface area contributed by atoms with Crippen LogP contribution in [0.4, 0.5) is 0 Å². The lowest BCUT2D eigenvalue weighted by molar-refractivity contribution is -0.133. The molecule has 15 heavy (non-hydrogen) atoms. The van der Waals surface area contributed by atoms with E-state index in [-0.39, 0.29) is 11.9 Å². The van der Waals surface area contributed by atoms with Gasteiger partial charge in [0.2, 0.25) is 5.91 Å². The van der Waals surface area contributed by atoms with Crippen molar-refractivity contribution in [2.45, 2.75) is 38.3 Å². The van der Waals surface area contributed by atoms with Crippen molar-refractivity contribution in [3.8, 4) is 0 Å². The van der Waals surface area contributed by atoms with Gasteiger partial charge in [-0.15, -0.1) is 0 Å². The number of hydrogen-bond donors (Lipinski definition) is 1. The third kappa shape index (κ3) is 2.92. The zero-order valence-electron chi connectivity index (χ0n) is 9.48. The molecule has 0 aromatic carbocycles. The van der Waals surface area contributed by atoms with Crippen molar-refractivity contribution in [1.82, 2.24) is 9.80 Å². The molecule has 1 atom stereocenters. The quantitative estimate of drug-likeness (QED) is 0.716. The molecule has 2 N–H and O–H groups in total. The van der Waals surface area contributed by atoms with E-state index in [1.165, 1.54) is 12.8 Å². The van der Waals surface area contributed by atoms with Gasteiger partial charge in [0, 0.05) is 44.7 Å². The molecule has 0 bridgehead atoms. The molecule has 1 aliphatic carbocycles.